The van der Waals surface area contributed by atoms with E-state index in [1.165, 1.54) is 14.0 Å². The summed E-state index contributed by atoms with van der Waals surface area (Å²) >= 11 is 6.24. The lowest BCUT2D eigenvalue weighted by atomic mass is 10.1. The number of carboxylic acids is 1. The van der Waals surface area contributed by atoms with Gasteiger partial charge >= 0.3 is 12.1 Å². The normalized spacial score (nSPS) is 11.9. The Morgan fingerprint density at radius 3 is 2.62 bits per heavy atom. The average molecular weight is 420 g/mol. The molecule has 0 fully saturated rings. The van der Waals surface area contributed by atoms with Crippen LogP contribution in [0.2, 0.25) is 5.15 Å². The number of oxazole rings is 1. The van der Waals surface area contributed by atoms with Crippen molar-refractivity contribution in [3.8, 4) is 11.3 Å². The first-order valence-corrected chi connectivity index (χ1v) is 8.82. The predicted molar refractivity (Wildman–Crippen MR) is 104 cm³/mol. The first kappa shape index (κ1) is 20.4. The fraction of sp³-hybridized carbons (Fsp3) is 0.222. The quantitative estimate of drug-likeness (QED) is 0.474. The second kappa shape index (κ2) is 8.33. The number of anilines is 1. The zero-order valence-electron chi connectivity index (χ0n) is 15.5. The van der Waals surface area contributed by atoms with Gasteiger partial charge in [-0.25, -0.2) is 19.6 Å². The molecule has 5 N–H and O–H groups in total. The summed E-state index contributed by atoms with van der Waals surface area (Å²) in [6.07, 6.45) is -0.433. The molecule has 0 spiro atoms. The minimum atomic E-state index is -1.17. The molecule has 152 valence electrons. The third-order valence-corrected chi connectivity index (χ3v) is 4.35. The standard InChI is InChI=1S/C18H18ClN5O5/c1-8-13(17(25)26)22-12(29-8)7-11(20)16-23-14(15(19)24-16)9-3-5-10(6-4-9)21-18(27)28-2/h3-6,11H,7,20H2,1-2H3,(H,21,27)(H,23,24)(H,25,26). The topological polar surface area (TPSA) is 156 Å². The van der Waals surface area contributed by atoms with Gasteiger partial charge in [0.15, 0.2) is 16.7 Å². The van der Waals surface area contributed by atoms with Crippen LogP contribution in [0.15, 0.2) is 28.7 Å². The van der Waals surface area contributed by atoms with E-state index in [9.17, 15) is 9.59 Å². The van der Waals surface area contributed by atoms with Gasteiger partial charge in [-0.2, -0.15) is 0 Å². The highest BCUT2D eigenvalue weighted by Gasteiger charge is 2.21. The largest absolute Gasteiger partial charge is 0.476 e. The van der Waals surface area contributed by atoms with Gasteiger partial charge in [-0.1, -0.05) is 23.7 Å². The highest BCUT2D eigenvalue weighted by atomic mass is 35.5. The fourth-order valence-electron chi connectivity index (χ4n) is 2.65. The SMILES string of the molecule is COC(=O)Nc1ccc(-c2[nH]c(C(N)Cc3nc(C(=O)O)c(C)o3)nc2Cl)cc1. The molecule has 2 heterocycles. The molecule has 0 aliphatic heterocycles. The Labute approximate surface area is 170 Å². The van der Waals surface area contributed by atoms with Gasteiger partial charge in [0.25, 0.3) is 0 Å². The van der Waals surface area contributed by atoms with Crippen molar-refractivity contribution < 1.29 is 23.8 Å². The van der Waals surface area contributed by atoms with Crippen molar-refractivity contribution in [1.29, 1.82) is 0 Å². The summed E-state index contributed by atoms with van der Waals surface area (Å²) < 4.78 is 9.89. The third-order valence-electron chi connectivity index (χ3n) is 4.07. The number of ether oxygens (including phenoxy) is 1. The van der Waals surface area contributed by atoms with Gasteiger partial charge in [-0.15, -0.1) is 0 Å². The molecule has 11 heteroatoms. The summed E-state index contributed by atoms with van der Waals surface area (Å²) in [6, 6.07) is 6.23. The number of carbonyl (C=O) groups excluding carboxylic acids is 1. The lowest BCUT2D eigenvalue weighted by molar-refractivity contribution is 0.0689. The second-order valence-electron chi connectivity index (χ2n) is 6.11. The van der Waals surface area contributed by atoms with Crippen molar-refractivity contribution >= 4 is 29.4 Å². The smallest absolute Gasteiger partial charge is 0.411 e. The summed E-state index contributed by atoms with van der Waals surface area (Å²) in [5, 5.41) is 11.8. The molecule has 0 saturated carbocycles. The summed E-state index contributed by atoms with van der Waals surface area (Å²) in [5.74, 6) is -0.368. The number of aryl methyl sites for hydroxylation is 1. The number of aromatic carboxylic acids is 1. The van der Waals surface area contributed by atoms with Crippen LogP contribution in [0.4, 0.5) is 10.5 Å². The molecule has 1 atom stereocenters. The van der Waals surface area contributed by atoms with Gasteiger partial charge in [0.1, 0.15) is 11.6 Å². The van der Waals surface area contributed by atoms with Crippen LogP contribution >= 0.6 is 11.6 Å². The molecule has 1 unspecified atom stereocenters. The maximum absolute atomic E-state index is 11.2. The molecule has 10 nitrogen and oxygen atoms in total. The second-order valence-corrected chi connectivity index (χ2v) is 6.47. The van der Waals surface area contributed by atoms with Gasteiger partial charge in [-0.3, -0.25) is 5.32 Å². The van der Waals surface area contributed by atoms with E-state index in [4.69, 9.17) is 26.9 Å². The van der Waals surface area contributed by atoms with Crippen LogP contribution in [0.1, 0.15) is 34.0 Å². The van der Waals surface area contributed by atoms with Crippen LogP contribution in [0, 0.1) is 6.92 Å². The Morgan fingerprint density at radius 2 is 2.03 bits per heavy atom. The molecular formula is C18H18ClN5O5. The van der Waals surface area contributed by atoms with Crippen molar-refractivity contribution in [3.63, 3.8) is 0 Å². The van der Waals surface area contributed by atoms with E-state index in [-0.39, 0.29) is 28.9 Å². The number of H-pyrrole nitrogens is 1. The Morgan fingerprint density at radius 1 is 1.34 bits per heavy atom. The van der Waals surface area contributed by atoms with Crippen LogP contribution in [-0.2, 0) is 11.2 Å². The first-order chi connectivity index (χ1) is 13.8. The minimum absolute atomic E-state index is 0.138. The number of halogens is 1. The zero-order valence-corrected chi connectivity index (χ0v) is 16.3. The Kier molecular flexibility index (Phi) is 5.85. The monoisotopic (exact) mass is 419 g/mol. The number of carbonyl (C=O) groups is 2. The van der Waals surface area contributed by atoms with E-state index in [2.05, 4.69) is 25.0 Å². The van der Waals surface area contributed by atoms with Crippen molar-refractivity contribution in [1.82, 2.24) is 15.0 Å². The summed E-state index contributed by atoms with van der Waals surface area (Å²) in [4.78, 5) is 33.6. The first-order valence-electron chi connectivity index (χ1n) is 8.44. The number of aromatic amines is 1. The van der Waals surface area contributed by atoms with E-state index in [1.807, 2.05) is 0 Å². The number of hydrogen-bond donors (Lipinski definition) is 4. The molecule has 2 aromatic heterocycles. The number of rotatable bonds is 6. The van der Waals surface area contributed by atoms with E-state index in [0.717, 1.165) is 5.56 Å². The molecule has 0 bridgehead atoms. The maximum Gasteiger partial charge on any atom is 0.411 e. The molecule has 0 saturated heterocycles. The van der Waals surface area contributed by atoms with E-state index in [0.29, 0.717) is 17.2 Å². The van der Waals surface area contributed by atoms with Gasteiger partial charge in [0, 0.05) is 17.7 Å². The van der Waals surface area contributed by atoms with E-state index < -0.39 is 18.1 Å². The van der Waals surface area contributed by atoms with Crippen molar-refractivity contribution in [2.75, 3.05) is 12.4 Å². The van der Waals surface area contributed by atoms with E-state index >= 15 is 0 Å². The van der Waals surface area contributed by atoms with Crippen LogP contribution in [0.3, 0.4) is 0 Å². The van der Waals surface area contributed by atoms with Crippen molar-refractivity contribution in [2.24, 2.45) is 5.73 Å². The lowest BCUT2D eigenvalue weighted by Crippen LogP contribution is -2.15. The molecule has 0 aliphatic carbocycles. The highest BCUT2D eigenvalue weighted by molar-refractivity contribution is 6.31. The average Bonchev–Trinajstić information content (AvgIpc) is 3.25. The third kappa shape index (κ3) is 4.55. The lowest BCUT2D eigenvalue weighted by Gasteiger charge is -2.06. The number of benzene rings is 1. The minimum Gasteiger partial charge on any atom is -0.476 e. The van der Waals surface area contributed by atoms with Crippen molar-refractivity contribution in [2.45, 2.75) is 19.4 Å². The molecular weight excluding hydrogens is 402 g/mol. The predicted octanol–water partition coefficient (Wildman–Crippen LogP) is 3.15. The molecule has 3 aromatic rings. The van der Waals surface area contributed by atoms with E-state index in [1.54, 1.807) is 24.3 Å². The number of methoxy groups -OCH3 is 1. The molecule has 1 aromatic carbocycles. The Balaban J connectivity index is 1.76. The van der Waals surface area contributed by atoms with Gasteiger partial charge in [0.2, 0.25) is 0 Å². The Bertz CT molecular complexity index is 1040. The zero-order chi connectivity index (χ0) is 21.1. The number of amides is 1. The van der Waals surface area contributed by atoms with Crippen LogP contribution in [0.5, 0.6) is 0 Å². The number of nitrogens with zero attached hydrogens (tertiary/aromatic N) is 2. The maximum atomic E-state index is 11.2. The summed E-state index contributed by atoms with van der Waals surface area (Å²) in [6.45, 7) is 1.52. The summed E-state index contributed by atoms with van der Waals surface area (Å²) in [5.41, 5.74) is 7.85. The number of carboxylic acid groups (broad SMARTS) is 1. The molecule has 29 heavy (non-hydrogen) atoms. The number of hydrogen-bond acceptors (Lipinski definition) is 7. The number of nitrogens with one attached hydrogen (secondary N) is 2. The van der Waals surface area contributed by atoms with Gasteiger partial charge < -0.3 is 25.0 Å². The highest BCUT2D eigenvalue weighted by Crippen LogP contribution is 2.29. The van der Waals surface area contributed by atoms with Crippen molar-refractivity contribution in [3.05, 3.63) is 52.6 Å². The molecule has 0 radical (unpaired) electrons. The number of nitrogens with two attached hydrogens (primary N) is 1. The van der Waals surface area contributed by atoms with Crippen LogP contribution in [-0.4, -0.2) is 39.2 Å². The molecule has 3 rings (SSSR count). The number of imidazole rings is 1. The van der Waals surface area contributed by atoms with Crippen LogP contribution in [0.25, 0.3) is 11.3 Å². The molecule has 0 aliphatic rings. The summed E-state index contributed by atoms with van der Waals surface area (Å²) in [7, 11) is 1.28. The van der Waals surface area contributed by atoms with Gasteiger partial charge in [0.05, 0.1) is 18.8 Å². The number of aromatic nitrogens is 3. The van der Waals surface area contributed by atoms with Gasteiger partial charge in [-0.05, 0) is 19.1 Å². The fourth-order valence-corrected chi connectivity index (χ4v) is 2.89. The van der Waals surface area contributed by atoms with Crippen LogP contribution < -0.4 is 11.1 Å². The molecule has 1 amide bonds. The Hall–Kier alpha value is -3.37.